The third kappa shape index (κ3) is 3.64. The molecule has 2 bridgehead atoms. The summed E-state index contributed by atoms with van der Waals surface area (Å²) in [6, 6.07) is 10.9. The smallest absolute Gasteiger partial charge is 0.433 e. The number of hydrogen-bond acceptors (Lipinski definition) is 7. The molecule has 36 heavy (non-hydrogen) atoms. The van der Waals surface area contributed by atoms with Gasteiger partial charge in [0.05, 0.1) is 17.6 Å². The number of pyridine rings is 1. The molecule has 3 aliphatic heterocycles. The molecule has 3 aromatic rings. The van der Waals surface area contributed by atoms with Crippen LogP contribution in [-0.4, -0.2) is 26.1 Å². The molecule has 5 heterocycles. The van der Waals surface area contributed by atoms with E-state index in [0.717, 1.165) is 43.8 Å². The predicted octanol–water partition coefficient (Wildman–Crippen LogP) is 4.42. The van der Waals surface area contributed by atoms with Crippen molar-refractivity contribution < 1.29 is 22.6 Å². The van der Waals surface area contributed by atoms with Gasteiger partial charge in [0.15, 0.2) is 0 Å². The summed E-state index contributed by atoms with van der Waals surface area (Å²) in [6.45, 7) is 0.715. The van der Waals surface area contributed by atoms with Crippen LogP contribution in [0.5, 0.6) is 17.4 Å². The lowest BCUT2D eigenvalue weighted by molar-refractivity contribution is -0.141. The molecule has 184 valence electrons. The van der Waals surface area contributed by atoms with Crippen LogP contribution in [0.15, 0.2) is 47.4 Å². The Balaban J connectivity index is 1.19. The summed E-state index contributed by atoms with van der Waals surface area (Å²) in [5.74, 6) is 1.07. The molecule has 0 amide bonds. The molecular weight excluding hydrogens is 475 g/mol. The summed E-state index contributed by atoms with van der Waals surface area (Å²) < 4.78 is 51.8. The SMILES string of the molecule is N#Cc1cc(COc2cc3n(c(=O)n2)CC24CCC(CC2)N34)ccc1Oc1ccnc(C(F)(F)F)c1. The minimum absolute atomic E-state index is 0.0321. The monoisotopic (exact) mass is 495 g/mol. The number of anilines is 1. The summed E-state index contributed by atoms with van der Waals surface area (Å²) >= 11 is 0. The number of alkyl halides is 3. The second-order valence-corrected chi connectivity index (χ2v) is 9.35. The van der Waals surface area contributed by atoms with Gasteiger partial charge >= 0.3 is 11.9 Å². The van der Waals surface area contributed by atoms with Crippen LogP contribution in [0, 0.1) is 11.3 Å². The molecule has 0 atom stereocenters. The molecule has 0 saturated carbocycles. The van der Waals surface area contributed by atoms with E-state index in [2.05, 4.69) is 14.9 Å². The average Bonchev–Trinajstić information content (AvgIpc) is 3.49. The fourth-order valence-electron chi connectivity index (χ4n) is 5.64. The normalized spacial score (nSPS) is 21.7. The lowest BCUT2D eigenvalue weighted by atomic mass is 9.88. The molecule has 0 aliphatic carbocycles. The molecule has 0 unspecified atom stereocenters. The van der Waals surface area contributed by atoms with E-state index in [9.17, 15) is 23.2 Å². The summed E-state index contributed by atoms with van der Waals surface area (Å²) in [4.78, 5) is 22.4. The molecule has 11 heteroatoms. The Morgan fingerprint density at radius 1 is 1.17 bits per heavy atom. The van der Waals surface area contributed by atoms with Gasteiger partial charge in [0.25, 0.3) is 0 Å². The number of fused-ring (bicyclic) bond motifs is 1. The highest BCUT2D eigenvalue weighted by Gasteiger charge is 2.56. The van der Waals surface area contributed by atoms with Gasteiger partial charge in [-0.1, -0.05) is 6.07 Å². The number of aromatic nitrogens is 3. The molecule has 0 radical (unpaired) electrons. The molecular formula is C25H20F3N5O3. The third-order valence-corrected chi connectivity index (χ3v) is 7.23. The first-order valence-electron chi connectivity index (χ1n) is 11.5. The molecule has 2 aromatic heterocycles. The van der Waals surface area contributed by atoms with Crippen LogP contribution in [0.4, 0.5) is 19.0 Å². The first kappa shape index (κ1) is 22.4. The number of nitrogens with zero attached hydrogens (tertiary/aromatic N) is 5. The Morgan fingerprint density at radius 3 is 2.72 bits per heavy atom. The van der Waals surface area contributed by atoms with Crippen molar-refractivity contribution in [2.75, 3.05) is 4.90 Å². The van der Waals surface area contributed by atoms with Crippen molar-refractivity contribution in [3.63, 3.8) is 0 Å². The Hall–Kier alpha value is -4.07. The van der Waals surface area contributed by atoms with E-state index in [1.807, 2.05) is 6.07 Å². The van der Waals surface area contributed by atoms with Gasteiger partial charge in [-0.15, -0.1) is 0 Å². The summed E-state index contributed by atoms with van der Waals surface area (Å²) in [7, 11) is 0. The van der Waals surface area contributed by atoms with E-state index in [1.54, 1.807) is 16.7 Å². The lowest BCUT2D eigenvalue weighted by Crippen LogP contribution is -2.38. The van der Waals surface area contributed by atoms with Crippen molar-refractivity contribution in [3.8, 4) is 23.4 Å². The predicted molar refractivity (Wildman–Crippen MR) is 121 cm³/mol. The van der Waals surface area contributed by atoms with Crippen molar-refractivity contribution in [2.45, 2.75) is 56.6 Å². The highest BCUT2D eigenvalue weighted by molar-refractivity contribution is 5.54. The van der Waals surface area contributed by atoms with Crippen molar-refractivity contribution >= 4 is 5.82 Å². The number of rotatable bonds is 5. The largest absolute Gasteiger partial charge is 0.473 e. The van der Waals surface area contributed by atoms with Gasteiger partial charge in [0.1, 0.15) is 35.7 Å². The second kappa shape index (κ2) is 7.98. The Morgan fingerprint density at radius 2 is 1.97 bits per heavy atom. The zero-order valence-electron chi connectivity index (χ0n) is 19.0. The molecule has 3 aliphatic rings. The van der Waals surface area contributed by atoms with Gasteiger partial charge in [-0.2, -0.15) is 23.4 Å². The van der Waals surface area contributed by atoms with Gasteiger partial charge in [-0.25, -0.2) is 4.79 Å². The van der Waals surface area contributed by atoms with Gasteiger partial charge in [-0.3, -0.25) is 9.55 Å². The van der Waals surface area contributed by atoms with E-state index >= 15 is 0 Å². The maximum absolute atomic E-state index is 12.9. The fraction of sp³-hybridized carbons (Fsp3) is 0.360. The van der Waals surface area contributed by atoms with Crippen LogP contribution in [0.3, 0.4) is 0 Å². The summed E-state index contributed by atoms with van der Waals surface area (Å²) in [5, 5.41) is 9.55. The van der Waals surface area contributed by atoms with Crippen molar-refractivity contribution in [3.05, 3.63) is 69.9 Å². The molecule has 0 spiro atoms. The van der Waals surface area contributed by atoms with Crippen LogP contribution >= 0.6 is 0 Å². The Kier molecular flexibility index (Phi) is 4.96. The molecule has 0 N–H and O–H groups in total. The van der Waals surface area contributed by atoms with Crippen molar-refractivity contribution in [1.29, 1.82) is 5.26 Å². The summed E-state index contributed by atoms with van der Waals surface area (Å²) in [6.07, 6.45) is 0.814. The minimum Gasteiger partial charge on any atom is -0.473 e. The molecule has 8 nitrogen and oxygen atoms in total. The second-order valence-electron chi connectivity index (χ2n) is 9.35. The van der Waals surface area contributed by atoms with Gasteiger partial charge in [-0.05, 0) is 49.4 Å². The molecule has 2 saturated heterocycles. The number of benzene rings is 1. The van der Waals surface area contributed by atoms with Crippen LogP contribution in [-0.2, 0) is 19.3 Å². The Labute approximate surface area is 203 Å². The van der Waals surface area contributed by atoms with E-state index in [4.69, 9.17) is 9.47 Å². The maximum Gasteiger partial charge on any atom is 0.433 e. The molecule has 6 rings (SSSR count). The average molecular weight is 495 g/mol. The zero-order valence-corrected chi connectivity index (χ0v) is 19.0. The number of nitriles is 1. The van der Waals surface area contributed by atoms with Crippen LogP contribution < -0.4 is 20.1 Å². The topological polar surface area (TPSA) is 93.3 Å². The molecule has 2 fully saturated rings. The van der Waals surface area contributed by atoms with Gasteiger partial charge in [0.2, 0.25) is 5.88 Å². The van der Waals surface area contributed by atoms with Gasteiger partial charge < -0.3 is 14.4 Å². The zero-order chi connectivity index (χ0) is 25.1. The Bertz CT molecular complexity index is 1450. The lowest BCUT2D eigenvalue weighted by Gasteiger charge is -2.27. The quantitative estimate of drug-likeness (QED) is 0.518. The standard InChI is InChI=1S/C25H20F3N5O3/c26-25(27,28)20-10-18(5-8-30-20)36-19-2-1-15(9-16(19)12-29)13-35-21-11-22-32(23(34)31-21)14-24-6-3-17(4-7-24)33(22)24/h1-2,5,8-11,17H,3-4,6-7,13-14H2. The van der Waals surface area contributed by atoms with Crippen LogP contribution in [0.25, 0.3) is 0 Å². The third-order valence-electron chi connectivity index (χ3n) is 7.23. The highest BCUT2D eigenvalue weighted by atomic mass is 19.4. The first-order chi connectivity index (χ1) is 17.3. The first-order valence-corrected chi connectivity index (χ1v) is 11.5. The molecule has 1 aromatic carbocycles. The number of halogens is 3. The number of ether oxygens (including phenoxy) is 2. The highest BCUT2D eigenvalue weighted by Crippen LogP contribution is 2.53. The van der Waals surface area contributed by atoms with Crippen LogP contribution in [0.1, 0.15) is 42.5 Å². The fourth-order valence-corrected chi connectivity index (χ4v) is 5.64. The summed E-state index contributed by atoms with van der Waals surface area (Å²) in [5.41, 5.74) is -0.656. The van der Waals surface area contributed by atoms with Crippen molar-refractivity contribution in [1.82, 2.24) is 14.5 Å². The van der Waals surface area contributed by atoms with Gasteiger partial charge in [0, 0.05) is 24.4 Å². The van der Waals surface area contributed by atoms with Crippen molar-refractivity contribution in [2.24, 2.45) is 0 Å². The van der Waals surface area contributed by atoms with E-state index in [-0.39, 0.29) is 40.8 Å². The van der Waals surface area contributed by atoms with E-state index < -0.39 is 11.9 Å². The van der Waals surface area contributed by atoms with E-state index in [0.29, 0.717) is 18.2 Å². The maximum atomic E-state index is 12.9. The minimum atomic E-state index is -4.61. The van der Waals surface area contributed by atoms with E-state index in [1.165, 1.54) is 18.2 Å². The number of hydrogen-bond donors (Lipinski definition) is 0. The van der Waals surface area contributed by atoms with Crippen LogP contribution in [0.2, 0.25) is 0 Å².